The van der Waals surface area contributed by atoms with Crippen molar-refractivity contribution >= 4 is 17.7 Å². The number of aliphatic carboxylic acids is 1. The highest BCUT2D eigenvalue weighted by molar-refractivity contribution is 5.89. The van der Waals surface area contributed by atoms with Crippen LogP contribution in [-0.2, 0) is 4.79 Å². The predicted octanol–water partition coefficient (Wildman–Crippen LogP) is 3.48. The van der Waals surface area contributed by atoms with Crippen molar-refractivity contribution in [1.82, 2.24) is 10.3 Å². The normalized spacial score (nSPS) is 10.2. The molecule has 0 atom stereocenters. The number of pyridine rings is 1. The van der Waals surface area contributed by atoms with Gasteiger partial charge in [-0.25, -0.2) is 9.78 Å². The lowest BCUT2D eigenvalue weighted by molar-refractivity contribution is -0.137. The number of carboxylic acid groups (broad SMARTS) is 1. The second kappa shape index (κ2) is 8.68. The summed E-state index contributed by atoms with van der Waals surface area (Å²) in [5, 5.41) is 13.7. The van der Waals surface area contributed by atoms with Gasteiger partial charge in [-0.05, 0) is 43.5 Å². The number of carbonyl (C=O) groups is 2. The first kappa shape index (κ1) is 18.3. The van der Waals surface area contributed by atoms with Crippen LogP contribution in [0, 0.1) is 13.8 Å². The van der Waals surface area contributed by atoms with Crippen LogP contribution in [0.25, 0.3) is 0 Å². The number of aromatic nitrogens is 1. The van der Waals surface area contributed by atoms with E-state index >= 15 is 0 Å². The number of rotatable bonds is 7. The van der Waals surface area contributed by atoms with Crippen LogP contribution in [0.5, 0.6) is 11.6 Å². The van der Waals surface area contributed by atoms with Gasteiger partial charge in [-0.2, -0.15) is 0 Å². The van der Waals surface area contributed by atoms with E-state index in [9.17, 15) is 9.59 Å². The quantitative estimate of drug-likeness (QED) is 0.668. The van der Waals surface area contributed by atoms with Crippen LogP contribution in [0.15, 0.2) is 36.5 Å². The van der Waals surface area contributed by atoms with Gasteiger partial charge in [0.25, 0.3) is 0 Å². The topological polar surface area (TPSA) is 101 Å². The van der Waals surface area contributed by atoms with Crippen molar-refractivity contribution in [3.63, 3.8) is 0 Å². The second-order valence-corrected chi connectivity index (χ2v) is 5.56. The lowest BCUT2D eigenvalue weighted by Gasteiger charge is -2.10. The molecule has 0 unspecified atom stereocenters. The first-order valence-corrected chi connectivity index (χ1v) is 7.92. The van der Waals surface area contributed by atoms with Gasteiger partial charge >= 0.3 is 12.0 Å². The van der Waals surface area contributed by atoms with E-state index in [-0.39, 0.29) is 6.42 Å². The van der Waals surface area contributed by atoms with Gasteiger partial charge in [0.2, 0.25) is 5.88 Å². The van der Waals surface area contributed by atoms with Crippen molar-refractivity contribution in [3.05, 3.63) is 47.7 Å². The maximum absolute atomic E-state index is 11.7. The zero-order chi connectivity index (χ0) is 18.2. The van der Waals surface area contributed by atoms with Crippen molar-refractivity contribution in [2.24, 2.45) is 0 Å². The largest absolute Gasteiger partial charge is 0.481 e. The number of ether oxygens (including phenoxy) is 1. The molecule has 132 valence electrons. The fourth-order valence-electron chi connectivity index (χ4n) is 2.08. The summed E-state index contributed by atoms with van der Waals surface area (Å²) in [5.41, 5.74) is 2.70. The summed E-state index contributed by atoms with van der Waals surface area (Å²) in [6.07, 6.45) is 1.90. The molecule has 2 amide bonds. The second-order valence-electron chi connectivity index (χ2n) is 5.56. The average molecular weight is 343 g/mol. The predicted molar refractivity (Wildman–Crippen MR) is 94.1 cm³/mol. The minimum Gasteiger partial charge on any atom is -0.481 e. The molecule has 0 aliphatic rings. The molecular weight excluding hydrogens is 322 g/mol. The number of nitrogens with one attached hydrogen (secondary N) is 2. The van der Waals surface area contributed by atoms with Gasteiger partial charge in [-0.3, -0.25) is 4.79 Å². The number of aryl methyl sites for hydroxylation is 1. The van der Waals surface area contributed by atoms with E-state index in [1.54, 1.807) is 12.1 Å². The lowest BCUT2D eigenvalue weighted by atomic mass is 10.1. The van der Waals surface area contributed by atoms with E-state index in [0.717, 1.165) is 16.9 Å². The van der Waals surface area contributed by atoms with Crippen LogP contribution in [0.2, 0.25) is 0 Å². The Hall–Kier alpha value is -3.09. The highest BCUT2D eigenvalue weighted by atomic mass is 16.5. The molecule has 0 fully saturated rings. The molecule has 7 nitrogen and oxygen atoms in total. The van der Waals surface area contributed by atoms with Gasteiger partial charge < -0.3 is 20.5 Å². The fourth-order valence-corrected chi connectivity index (χ4v) is 2.08. The van der Waals surface area contributed by atoms with Crippen molar-refractivity contribution < 1.29 is 19.4 Å². The Labute approximate surface area is 146 Å². The number of benzene rings is 1. The van der Waals surface area contributed by atoms with Crippen LogP contribution < -0.4 is 15.4 Å². The molecule has 2 aromatic rings. The van der Waals surface area contributed by atoms with Gasteiger partial charge in [-0.1, -0.05) is 12.1 Å². The average Bonchev–Trinajstić information content (AvgIpc) is 2.57. The Kier molecular flexibility index (Phi) is 6.33. The van der Waals surface area contributed by atoms with E-state index in [1.165, 1.54) is 6.20 Å². The highest BCUT2D eigenvalue weighted by Crippen LogP contribution is 2.26. The number of hydrogen-bond donors (Lipinski definition) is 3. The van der Waals surface area contributed by atoms with Crippen molar-refractivity contribution in [1.29, 1.82) is 0 Å². The van der Waals surface area contributed by atoms with Gasteiger partial charge in [0, 0.05) is 19.0 Å². The van der Waals surface area contributed by atoms with Crippen LogP contribution in [0.3, 0.4) is 0 Å². The number of carboxylic acids is 1. The minimum absolute atomic E-state index is 0.0201. The van der Waals surface area contributed by atoms with Crippen LogP contribution >= 0.6 is 0 Å². The monoisotopic (exact) mass is 343 g/mol. The molecule has 25 heavy (non-hydrogen) atoms. The molecule has 7 heteroatoms. The molecule has 1 aromatic carbocycles. The Morgan fingerprint density at radius 2 is 2.00 bits per heavy atom. The molecule has 0 bridgehead atoms. The van der Waals surface area contributed by atoms with E-state index in [1.807, 2.05) is 32.0 Å². The maximum atomic E-state index is 11.7. The van der Waals surface area contributed by atoms with E-state index in [0.29, 0.717) is 24.5 Å². The van der Waals surface area contributed by atoms with Crippen molar-refractivity contribution in [3.8, 4) is 11.6 Å². The third-order valence-corrected chi connectivity index (χ3v) is 3.62. The smallest absolute Gasteiger partial charge is 0.319 e. The van der Waals surface area contributed by atoms with E-state index < -0.39 is 12.0 Å². The van der Waals surface area contributed by atoms with Crippen LogP contribution in [0.1, 0.15) is 24.0 Å². The molecule has 3 N–H and O–H groups in total. The fraction of sp³-hybridized carbons (Fsp3) is 0.278. The summed E-state index contributed by atoms with van der Waals surface area (Å²) in [7, 11) is 0. The van der Waals surface area contributed by atoms with Gasteiger partial charge in [0.05, 0.1) is 11.9 Å². The zero-order valence-corrected chi connectivity index (χ0v) is 14.2. The summed E-state index contributed by atoms with van der Waals surface area (Å²) < 4.78 is 5.76. The number of anilines is 1. The van der Waals surface area contributed by atoms with Crippen LogP contribution in [0.4, 0.5) is 10.5 Å². The Balaban J connectivity index is 1.86. The molecule has 1 aromatic heterocycles. The molecule has 0 aliphatic heterocycles. The number of carbonyl (C=O) groups excluding carboxylic acids is 1. The van der Waals surface area contributed by atoms with Crippen molar-refractivity contribution in [2.75, 3.05) is 11.9 Å². The standard InChI is InChI=1S/C18H21N3O4/c1-12-5-3-6-15(13(12)2)25-16-9-8-14(11-20-16)21-18(24)19-10-4-7-17(22)23/h3,5-6,8-9,11H,4,7,10H2,1-2H3,(H,22,23)(H2,19,21,24). The Bertz CT molecular complexity index is 744. The summed E-state index contributed by atoms with van der Waals surface area (Å²) in [5.74, 6) is 0.288. The summed E-state index contributed by atoms with van der Waals surface area (Å²) in [6.45, 7) is 4.28. The number of urea groups is 1. The van der Waals surface area contributed by atoms with Crippen molar-refractivity contribution in [2.45, 2.75) is 26.7 Å². The molecule has 0 saturated carbocycles. The third-order valence-electron chi connectivity index (χ3n) is 3.62. The number of amides is 2. The Morgan fingerprint density at radius 1 is 1.20 bits per heavy atom. The molecule has 0 saturated heterocycles. The summed E-state index contributed by atoms with van der Waals surface area (Å²) in [6, 6.07) is 8.75. The minimum atomic E-state index is -0.883. The highest BCUT2D eigenvalue weighted by Gasteiger charge is 2.06. The van der Waals surface area contributed by atoms with Gasteiger partial charge in [0.1, 0.15) is 5.75 Å². The first-order valence-electron chi connectivity index (χ1n) is 7.92. The SMILES string of the molecule is Cc1cccc(Oc2ccc(NC(=O)NCCCC(=O)O)cn2)c1C. The maximum Gasteiger partial charge on any atom is 0.319 e. The molecule has 0 spiro atoms. The molecule has 2 rings (SSSR count). The number of nitrogens with zero attached hydrogens (tertiary/aromatic N) is 1. The van der Waals surface area contributed by atoms with Gasteiger partial charge in [0.15, 0.2) is 0 Å². The summed E-state index contributed by atoms with van der Waals surface area (Å²) in [4.78, 5) is 26.3. The first-order chi connectivity index (χ1) is 12.0. The third kappa shape index (κ3) is 5.80. The molecule has 0 aliphatic carbocycles. The molecule has 1 heterocycles. The Morgan fingerprint density at radius 3 is 2.68 bits per heavy atom. The van der Waals surface area contributed by atoms with E-state index in [4.69, 9.17) is 9.84 Å². The van der Waals surface area contributed by atoms with Gasteiger partial charge in [-0.15, -0.1) is 0 Å². The molecular formula is C18H21N3O4. The number of hydrogen-bond acceptors (Lipinski definition) is 4. The lowest BCUT2D eigenvalue weighted by Crippen LogP contribution is -2.29. The van der Waals surface area contributed by atoms with E-state index in [2.05, 4.69) is 15.6 Å². The molecule has 0 radical (unpaired) electrons. The zero-order valence-electron chi connectivity index (χ0n) is 14.2. The van der Waals surface area contributed by atoms with Crippen LogP contribution in [-0.4, -0.2) is 28.6 Å². The summed E-state index contributed by atoms with van der Waals surface area (Å²) >= 11 is 0.